The van der Waals surface area contributed by atoms with E-state index in [0.29, 0.717) is 0 Å². The molecule has 0 aliphatic heterocycles. The Hall–Kier alpha value is -2.14. The Morgan fingerprint density at radius 3 is 2.75 bits per heavy atom. The molecule has 1 aromatic carbocycles. The number of anilines is 1. The third kappa shape index (κ3) is 4.85. The summed E-state index contributed by atoms with van der Waals surface area (Å²) in [6.07, 6.45) is 4.82. The van der Waals surface area contributed by atoms with Crippen molar-refractivity contribution in [1.82, 2.24) is 15.1 Å². The second-order valence-electron chi connectivity index (χ2n) is 4.68. The summed E-state index contributed by atoms with van der Waals surface area (Å²) in [6, 6.07) is 9.81. The van der Waals surface area contributed by atoms with Crippen molar-refractivity contribution < 1.29 is 4.79 Å². The quantitative estimate of drug-likeness (QED) is 0.758. The van der Waals surface area contributed by atoms with Crippen molar-refractivity contribution in [2.75, 3.05) is 11.9 Å². The molecule has 0 fully saturated rings. The van der Waals surface area contributed by atoms with E-state index >= 15 is 0 Å². The Labute approximate surface area is 119 Å². The molecule has 0 aliphatic carbocycles. The summed E-state index contributed by atoms with van der Waals surface area (Å²) in [4.78, 5) is 10.9. The molecule has 1 amide bonds. The first-order valence-corrected chi connectivity index (χ1v) is 6.79. The molecular formula is C15H20N4O. The number of aromatic nitrogens is 2. The maximum Gasteiger partial charge on any atom is 0.221 e. The van der Waals surface area contributed by atoms with E-state index in [-0.39, 0.29) is 5.91 Å². The SMILES string of the molecule is CC(=O)Nc1ccc(CNCCCn2cccn2)cc1. The van der Waals surface area contributed by atoms with Gasteiger partial charge in [-0.2, -0.15) is 5.10 Å². The molecule has 106 valence electrons. The normalized spacial score (nSPS) is 10.4. The zero-order valence-corrected chi connectivity index (χ0v) is 11.7. The fraction of sp³-hybridized carbons (Fsp3) is 0.333. The summed E-state index contributed by atoms with van der Waals surface area (Å²) in [5.74, 6) is -0.0468. The first-order valence-electron chi connectivity index (χ1n) is 6.79. The topological polar surface area (TPSA) is 59.0 Å². The molecule has 5 heteroatoms. The lowest BCUT2D eigenvalue weighted by molar-refractivity contribution is -0.114. The predicted octanol–water partition coefficient (Wildman–Crippen LogP) is 2.02. The lowest BCUT2D eigenvalue weighted by Gasteiger charge is -2.07. The van der Waals surface area contributed by atoms with Crippen LogP contribution < -0.4 is 10.6 Å². The monoisotopic (exact) mass is 272 g/mol. The van der Waals surface area contributed by atoms with Gasteiger partial charge in [0, 0.05) is 38.1 Å². The fourth-order valence-electron chi connectivity index (χ4n) is 1.94. The molecular weight excluding hydrogens is 252 g/mol. The van der Waals surface area contributed by atoms with E-state index < -0.39 is 0 Å². The molecule has 2 rings (SSSR count). The van der Waals surface area contributed by atoms with E-state index in [9.17, 15) is 4.79 Å². The summed E-state index contributed by atoms with van der Waals surface area (Å²) in [6.45, 7) is 4.23. The number of nitrogens with one attached hydrogen (secondary N) is 2. The number of amides is 1. The van der Waals surface area contributed by atoms with Gasteiger partial charge in [-0.3, -0.25) is 9.48 Å². The fourth-order valence-corrected chi connectivity index (χ4v) is 1.94. The second-order valence-corrected chi connectivity index (χ2v) is 4.68. The van der Waals surface area contributed by atoms with Gasteiger partial charge in [0.25, 0.3) is 0 Å². The predicted molar refractivity (Wildman–Crippen MR) is 79.3 cm³/mol. The minimum Gasteiger partial charge on any atom is -0.326 e. The first-order chi connectivity index (χ1) is 9.74. The van der Waals surface area contributed by atoms with Crippen LogP contribution in [0.25, 0.3) is 0 Å². The average molecular weight is 272 g/mol. The zero-order chi connectivity index (χ0) is 14.2. The highest BCUT2D eigenvalue weighted by molar-refractivity contribution is 5.88. The molecule has 2 N–H and O–H groups in total. The van der Waals surface area contributed by atoms with Crippen molar-refractivity contribution in [3.05, 3.63) is 48.3 Å². The highest BCUT2D eigenvalue weighted by Crippen LogP contribution is 2.09. The van der Waals surface area contributed by atoms with Crippen molar-refractivity contribution in [3.63, 3.8) is 0 Å². The van der Waals surface area contributed by atoms with E-state index in [4.69, 9.17) is 0 Å². The summed E-state index contributed by atoms with van der Waals surface area (Å²) in [7, 11) is 0. The number of rotatable bonds is 7. The molecule has 0 atom stereocenters. The molecule has 1 aromatic heterocycles. The number of hydrogen-bond donors (Lipinski definition) is 2. The summed E-state index contributed by atoms with van der Waals surface area (Å²) in [5.41, 5.74) is 2.04. The van der Waals surface area contributed by atoms with Gasteiger partial charge in [-0.05, 0) is 36.7 Å². The van der Waals surface area contributed by atoms with Gasteiger partial charge >= 0.3 is 0 Å². The Kier molecular flexibility index (Phi) is 5.32. The molecule has 0 unspecified atom stereocenters. The van der Waals surface area contributed by atoms with Crippen molar-refractivity contribution in [3.8, 4) is 0 Å². The highest BCUT2D eigenvalue weighted by atomic mass is 16.1. The Morgan fingerprint density at radius 1 is 1.30 bits per heavy atom. The lowest BCUT2D eigenvalue weighted by atomic mass is 10.2. The second kappa shape index (κ2) is 7.45. The van der Waals surface area contributed by atoms with Gasteiger partial charge in [0.1, 0.15) is 0 Å². The van der Waals surface area contributed by atoms with Gasteiger partial charge in [-0.15, -0.1) is 0 Å². The average Bonchev–Trinajstić information content (AvgIpc) is 2.93. The summed E-state index contributed by atoms with van der Waals surface area (Å²) < 4.78 is 1.93. The number of carbonyl (C=O) groups excluding carboxylic acids is 1. The third-order valence-corrected chi connectivity index (χ3v) is 2.90. The summed E-state index contributed by atoms with van der Waals surface area (Å²) >= 11 is 0. The standard InChI is InChI=1S/C15H20N4O/c1-13(20)18-15-6-4-14(5-7-15)12-16-8-2-10-19-11-3-9-17-19/h3-7,9,11,16H,2,8,10,12H2,1H3,(H,18,20). The van der Waals surface area contributed by atoms with Crippen molar-refractivity contribution >= 4 is 11.6 Å². The Bertz CT molecular complexity index is 519. The van der Waals surface area contributed by atoms with E-state index in [0.717, 1.165) is 31.7 Å². The van der Waals surface area contributed by atoms with Crippen LogP contribution in [-0.4, -0.2) is 22.2 Å². The van der Waals surface area contributed by atoms with Gasteiger partial charge in [0.2, 0.25) is 5.91 Å². The lowest BCUT2D eigenvalue weighted by Crippen LogP contribution is -2.16. The summed E-state index contributed by atoms with van der Waals surface area (Å²) in [5, 5.41) is 10.3. The number of benzene rings is 1. The van der Waals surface area contributed by atoms with Crippen molar-refractivity contribution in [2.24, 2.45) is 0 Å². The van der Waals surface area contributed by atoms with Gasteiger partial charge in [-0.1, -0.05) is 12.1 Å². The molecule has 2 aromatic rings. The molecule has 0 bridgehead atoms. The molecule has 0 saturated carbocycles. The van der Waals surface area contributed by atoms with Crippen LogP contribution in [0.15, 0.2) is 42.7 Å². The Morgan fingerprint density at radius 2 is 2.10 bits per heavy atom. The molecule has 20 heavy (non-hydrogen) atoms. The van der Waals surface area contributed by atoms with Crippen LogP contribution in [0.3, 0.4) is 0 Å². The Balaban J connectivity index is 1.65. The number of carbonyl (C=O) groups is 1. The number of nitrogens with zero attached hydrogens (tertiary/aromatic N) is 2. The van der Waals surface area contributed by atoms with Gasteiger partial charge in [-0.25, -0.2) is 0 Å². The van der Waals surface area contributed by atoms with Crippen LogP contribution >= 0.6 is 0 Å². The smallest absolute Gasteiger partial charge is 0.221 e. The molecule has 0 aliphatic rings. The largest absolute Gasteiger partial charge is 0.326 e. The van der Waals surface area contributed by atoms with E-state index in [2.05, 4.69) is 15.7 Å². The molecule has 0 saturated heterocycles. The maximum absolute atomic E-state index is 10.9. The number of aryl methyl sites for hydroxylation is 1. The minimum atomic E-state index is -0.0468. The molecule has 0 radical (unpaired) electrons. The first kappa shape index (κ1) is 14.3. The van der Waals surface area contributed by atoms with Crippen LogP contribution in [0.1, 0.15) is 18.9 Å². The molecule has 0 spiro atoms. The van der Waals surface area contributed by atoms with Crippen LogP contribution in [0.5, 0.6) is 0 Å². The van der Waals surface area contributed by atoms with Gasteiger partial charge < -0.3 is 10.6 Å². The van der Waals surface area contributed by atoms with E-state index in [1.807, 2.05) is 41.2 Å². The maximum atomic E-state index is 10.9. The van der Waals surface area contributed by atoms with Crippen LogP contribution in [0, 0.1) is 0 Å². The highest BCUT2D eigenvalue weighted by Gasteiger charge is 1.97. The third-order valence-electron chi connectivity index (χ3n) is 2.90. The minimum absolute atomic E-state index is 0.0468. The van der Waals surface area contributed by atoms with Gasteiger partial charge in [0.05, 0.1) is 0 Å². The van der Waals surface area contributed by atoms with Crippen LogP contribution in [0.2, 0.25) is 0 Å². The molecule has 1 heterocycles. The number of hydrogen-bond acceptors (Lipinski definition) is 3. The van der Waals surface area contributed by atoms with Crippen molar-refractivity contribution in [1.29, 1.82) is 0 Å². The van der Waals surface area contributed by atoms with Crippen molar-refractivity contribution in [2.45, 2.75) is 26.4 Å². The van der Waals surface area contributed by atoms with E-state index in [1.165, 1.54) is 12.5 Å². The van der Waals surface area contributed by atoms with E-state index in [1.54, 1.807) is 6.20 Å². The van der Waals surface area contributed by atoms with Crippen LogP contribution in [-0.2, 0) is 17.9 Å². The van der Waals surface area contributed by atoms with Crippen LogP contribution in [0.4, 0.5) is 5.69 Å². The molecule has 5 nitrogen and oxygen atoms in total. The zero-order valence-electron chi connectivity index (χ0n) is 11.7. The van der Waals surface area contributed by atoms with Gasteiger partial charge in [0.15, 0.2) is 0 Å².